The predicted molar refractivity (Wildman–Crippen MR) is 83.4 cm³/mol. The maximum Gasteiger partial charge on any atom is 0.275 e. The Morgan fingerprint density at radius 3 is 2.71 bits per heavy atom. The standard InChI is InChI=1S/C15H14N4OS/c1-10-17-13(14(21-10)11-6-4-3-5-7-11)15(20)18-12-8-16-19(2)9-12/h3-9H,1-2H3,(H,18,20). The quantitative estimate of drug-likeness (QED) is 0.808. The molecule has 1 aromatic carbocycles. The lowest BCUT2D eigenvalue weighted by Gasteiger charge is -2.03. The molecular formula is C15H14N4OS. The summed E-state index contributed by atoms with van der Waals surface area (Å²) in [5.74, 6) is -0.216. The monoisotopic (exact) mass is 298 g/mol. The molecule has 0 saturated heterocycles. The average molecular weight is 298 g/mol. The summed E-state index contributed by atoms with van der Waals surface area (Å²) in [4.78, 5) is 17.7. The van der Waals surface area contributed by atoms with Gasteiger partial charge in [0.15, 0.2) is 0 Å². The fraction of sp³-hybridized carbons (Fsp3) is 0.133. The Balaban J connectivity index is 1.93. The van der Waals surface area contributed by atoms with Crippen molar-refractivity contribution in [3.63, 3.8) is 0 Å². The molecule has 2 heterocycles. The first-order chi connectivity index (χ1) is 10.1. The summed E-state index contributed by atoms with van der Waals surface area (Å²) >= 11 is 1.52. The molecule has 106 valence electrons. The molecule has 3 aromatic rings. The van der Waals surface area contributed by atoms with Gasteiger partial charge in [-0.25, -0.2) is 4.98 Å². The van der Waals surface area contributed by atoms with E-state index in [1.807, 2.05) is 37.3 Å². The van der Waals surface area contributed by atoms with Crippen molar-refractivity contribution < 1.29 is 4.79 Å². The normalized spacial score (nSPS) is 10.6. The third-order valence-corrected chi connectivity index (χ3v) is 3.97. The SMILES string of the molecule is Cc1nc(C(=O)Nc2cnn(C)c2)c(-c2ccccc2)s1. The van der Waals surface area contributed by atoms with Gasteiger partial charge in [-0.05, 0) is 12.5 Å². The van der Waals surface area contributed by atoms with Crippen LogP contribution in [-0.2, 0) is 7.05 Å². The van der Waals surface area contributed by atoms with Crippen LogP contribution in [-0.4, -0.2) is 20.7 Å². The van der Waals surface area contributed by atoms with Crippen LogP contribution in [0.1, 0.15) is 15.5 Å². The van der Waals surface area contributed by atoms with Gasteiger partial charge in [0.1, 0.15) is 5.69 Å². The fourth-order valence-electron chi connectivity index (χ4n) is 2.04. The molecule has 0 spiro atoms. The van der Waals surface area contributed by atoms with E-state index < -0.39 is 0 Å². The number of anilines is 1. The first kappa shape index (κ1) is 13.5. The van der Waals surface area contributed by atoms with E-state index >= 15 is 0 Å². The van der Waals surface area contributed by atoms with Crippen LogP contribution in [0.4, 0.5) is 5.69 Å². The Kier molecular flexibility index (Phi) is 3.53. The van der Waals surface area contributed by atoms with Crippen molar-refractivity contribution in [1.29, 1.82) is 0 Å². The Morgan fingerprint density at radius 2 is 2.05 bits per heavy atom. The first-order valence-corrected chi connectivity index (χ1v) is 7.28. The topological polar surface area (TPSA) is 59.8 Å². The van der Waals surface area contributed by atoms with E-state index in [0.29, 0.717) is 11.4 Å². The number of thiazole rings is 1. The molecule has 0 aliphatic heterocycles. The van der Waals surface area contributed by atoms with Crippen molar-refractivity contribution in [3.05, 3.63) is 53.4 Å². The van der Waals surface area contributed by atoms with E-state index in [4.69, 9.17) is 0 Å². The minimum Gasteiger partial charge on any atom is -0.318 e. The summed E-state index contributed by atoms with van der Waals surface area (Å²) in [5.41, 5.74) is 2.11. The summed E-state index contributed by atoms with van der Waals surface area (Å²) < 4.78 is 1.64. The maximum absolute atomic E-state index is 12.4. The number of nitrogens with one attached hydrogen (secondary N) is 1. The molecule has 0 atom stereocenters. The van der Waals surface area contributed by atoms with Gasteiger partial charge in [-0.1, -0.05) is 30.3 Å². The predicted octanol–water partition coefficient (Wildman–Crippen LogP) is 3.10. The number of amides is 1. The molecule has 0 unspecified atom stereocenters. The minimum absolute atomic E-state index is 0.216. The molecule has 0 radical (unpaired) electrons. The molecule has 0 saturated carbocycles. The van der Waals surface area contributed by atoms with E-state index in [2.05, 4.69) is 15.4 Å². The number of carbonyl (C=O) groups excluding carboxylic acids is 1. The molecule has 0 aliphatic rings. The van der Waals surface area contributed by atoms with E-state index in [1.165, 1.54) is 11.3 Å². The van der Waals surface area contributed by atoms with Crippen LogP contribution in [0.3, 0.4) is 0 Å². The molecule has 0 aliphatic carbocycles. The molecule has 3 rings (SSSR count). The molecule has 2 aromatic heterocycles. The summed E-state index contributed by atoms with van der Waals surface area (Å²) in [7, 11) is 1.80. The van der Waals surface area contributed by atoms with Crippen LogP contribution in [0.15, 0.2) is 42.7 Å². The Labute approximate surface area is 126 Å². The minimum atomic E-state index is -0.216. The lowest BCUT2D eigenvalue weighted by Crippen LogP contribution is -2.13. The van der Waals surface area contributed by atoms with Gasteiger partial charge in [-0.2, -0.15) is 5.10 Å². The van der Waals surface area contributed by atoms with Crippen LogP contribution in [0.5, 0.6) is 0 Å². The van der Waals surface area contributed by atoms with Crippen LogP contribution < -0.4 is 5.32 Å². The summed E-state index contributed by atoms with van der Waals surface area (Å²) in [5, 5.41) is 7.72. The summed E-state index contributed by atoms with van der Waals surface area (Å²) in [6, 6.07) is 9.81. The number of hydrogen-bond donors (Lipinski definition) is 1. The number of benzene rings is 1. The van der Waals surface area contributed by atoms with Crippen molar-refractivity contribution in [1.82, 2.24) is 14.8 Å². The Hall–Kier alpha value is -2.47. The van der Waals surface area contributed by atoms with Crippen LogP contribution >= 0.6 is 11.3 Å². The molecule has 0 bridgehead atoms. The number of hydrogen-bond acceptors (Lipinski definition) is 4. The van der Waals surface area contributed by atoms with E-state index in [9.17, 15) is 4.79 Å². The zero-order chi connectivity index (χ0) is 14.8. The zero-order valence-corrected chi connectivity index (χ0v) is 12.5. The molecule has 21 heavy (non-hydrogen) atoms. The number of rotatable bonds is 3. The molecule has 0 fully saturated rings. The van der Waals surface area contributed by atoms with Crippen molar-refractivity contribution >= 4 is 22.9 Å². The van der Waals surface area contributed by atoms with Crippen molar-refractivity contribution in [3.8, 4) is 10.4 Å². The van der Waals surface area contributed by atoms with Gasteiger partial charge in [-0.15, -0.1) is 11.3 Å². The van der Waals surface area contributed by atoms with E-state index in [0.717, 1.165) is 15.4 Å². The molecule has 1 N–H and O–H groups in total. The van der Waals surface area contributed by atoms with Crippen molar-refractivity contribution in [2.75, 3.05) is 5.32 Å². The lowest BCUT2D eigenvalue weighted by atomic mass is 10.1. The van der Waals surface area contributed by atoms with Gasteiger partial charge >= 0.3 is 0 Å². The number of carbonyl (C=O) groups is 1. The third kappa shape index (κ3) is 2.85. The van der Waals surface area contributed by atoms with Gasteiger partial charge in [-0.3, -0.25) is 9.48 Å². The van der Waals surface area contributed by atoms with Crippen LogP contribution in [0.2, 0.25) is 0 Å². The fourth-order valence-corrected chi connectivity index (χ4v) is 2.96. The highest BCUT2D eigenvalue weighted by Crippen LogP contribution is 2.30. The van der Waals surface area contributed by atoms with Gasteiger partial charge in [0.25, 0.3) is 5.91 Å². The van der Waals surface area contributed by atoms with Gasteiger partial charge in [0.2, 0.25) is 0 Å². The van der Waals surface area contributed by atoms with Crippen molar-refractivity contribution in [2.24, 2.45) is 7.05 Å². The summed E-state index contributed by atoms with van der Waals surface area (Å²) in [6.07, 6.45) is 3.36. The zero-order valence-electron chi connectivity index (χ0n) is 11.7. The molecule has 1 amide bonds. The van der Waals surface area contributed by atoms with E-state index in [-0.39, 0.29) is 5.91 Å². The van der Waals surface area contributed by atoms with Crippen LogP contribution in [0.25, 0.3) is 10.4 Å². The first-order valence-electron chi connectivity index (χ1n) is 6.46. The highest BCUT2D eigenvalue weighted by atomic mass is 32.1. The summed E-state index contributed by atoms with van der Waals surface area (Å²) in [6.45, 7) is 1.90. The van der Waals surface area contributed by atoms with Gasteiger partial charge < -0.3 is 5.32 Å². The largest absolute Gasteiger partial charge is 0.318 e. The third-order valence-electron chi connectivity index (χ3n) is 2.95. The highest BCUT2D eigenvalue weighted by molar-refractivity contribution is 7.15. The second-order valence-corrected chi connectivity index (χ2v) is 5.84. The Morgan fingerprint density at radius 1 is 1.29 bits per heavy atom. The second kappa shape index (κ2) is 5.49. The van der Waals surface area contributed by atoms with Crippen molar-refractivity contribution in [2.45, 2.75) is 6.92 Å². The second-order valence-electron chi connectivity index (χ2n) is 4.63. The van der Waals surface area contributed by atoms with Gasteiger partial charge in [0, 0.05) is 13.2 Å². The Bertz CT molecular complexity index is 776. The maximum atomic E-state index is 12.4. The highest BCUT2D eigenvalue weighted by Gasteiger charge is 2.18. The number of aromatic nitrogens is 3. The molecule has 5 nitrogen and oxygen atoms in total. The molecular weight excluding hydrogens is 284 g/mol. The smallest absolute Gasteiger partial charge is 0.275 e. The number of nitrogens with zero attached hydrogens (tertiary/aromatic N) is 3. The average Bonchev–Trinajstić information content (AvgIpc) is 3.06. The number of aryl methyl sites for hydroxylation is 2. The lowest BCUT2D eigenvalue weighted by molar-refractivity contribution is 0.102. The van der Waals surface area contributed by atoms with Crippen LogP contribution in [0, 0.1) is 6.92 Å². The van der Waals surface area contributed by atoms with E-state index in [1.54, 1.807) is 24.1 Å². The molecule has 6 heteroatoms. The van der Waals surface area contributed by atoms with Gasteiger partial charge in [0.05, 0.1) is 21.8 Å².